The molecule has 0 aromatic heterocycles. The van der Waals surface area contributed by atoms with Crippen LogP contribution in [0.3, 0.4) is 0 Å². The Morgan fingerprint density at radius 3 is 2.82 bits per heavy atom. The van der Waals surface area contributed by atoms with Gasteiger partial charge in [-0.25, -0.2) is 0 Å². The first kappa shape index (κ1) is 19.0. The van der Waals surface area contributed by atoms with Crippen molar-refractivity contribution < 1.29 is 9.47 Å². The summed E-state index contributed by atoms with van der Waals surface area (Å²) < 4.78 is 10.7. The van der Waals surface area contributed by atoms with Crippen LogP contribution in [0.1, 0.15) is 19.3 Å². The fraction of sp³-hybridized carbons (Fsp3) is 0.562. The number of nitrogens with one attached hydrogen (secondary N) is 2. The minimum Gasteiger partial charge on any atom is -0.493 e. The van der Waals surface area contributed by atoms with Gasteiger partial charge >= 0.3 is 0 Å². The standard InChI is InChI=1S/C16H25N3O2.HI/c1-17-16(18-12-13-7-8-13)19-14-5-3-6-15(11-14)21-10-4-9-20-2;/h3,5-6,11,13H,4,7-10,12H2,1-2H3,(H2,17,18,19);1H. The third-order valence-corrected chi connectivity index (χ3v) is 3.34. The van der Waals surface area contributed by atoms with Crippen LogP contribution in [-0.4, -0.2) is 39.9 Å². The number of benzene rings is 1. The van der Waals surface area contributed by atoms with Crippen molar-refractivity contribution in [3.63, 3.8) is 0 Å². The van der Waals surface area contributed by atoms with E-state index in [1.807, 2.05) is 24.3 Å². The van der Waals surface area contributed by atoms with E-state index >= 15 is 0 Å². The highest BCUT2D eigenvalue weighted by Gasteiger charge is 2.21. The van der Waals surface area contributed by atoms with Gasteiger partial charge in [0.05, 0.1) is 6.61 Å². The predicted molar refractivity (Wildman–Crippen MR) is 102 cm³/mol. The molecule has 0 radical (unpaired) electrons. The van der Waals surface area contributed by atoms with Crippen molar-refractivity contribution in [1.29, 1.82) is 0 Å². The molecule has 1 fully saturated rings. The van der Waals surface area contributed by atoms with Crippen LogP contribution in [0.2, 0.25) is 0 Å². The minimum absolute atomic E-state index is 0. The van der Waals surface area contributed by atoms with Gasteiger partial charge in [-0.3, -0.25) is 4.99 Å². The zero-order chi connectivity index (χ0) is 14.9. The molecule has 2 N–H and O–H groups in total. The maximum absolute atomic E-state index is 5.69. The van der Waals surface area contributed by atoms with E-state index in [9.17, 15) is 0 Å². The molecule has 2 rings (SSSR count). The van der Waals surface area contributed by atoms with Crippen LogP contribution < -0.4 is 15.4 Å². The first-order chi connectivity index (χ1) is 10.3. The molecule has 1 saturated carbocycles. The van der Waals surface area contributed by atoms with Gasteiger partial charge in [0.15, 0.2) is 5.96 Å². The number of ether oxygens (including phenoxy) is 2. The molecule has 1 aliphatic carbocycles. The number of anilines is 1. The number of guanidine groups is 1. The second kappa shape index (κ2) is 10.7. The van der Waals surface area contributed by atoms with Crippen LogP contribution in [-0.2, 0) is 4.74 Å². The lowest BCUT2D eigenvalue weighted by atomic mass is 10.3. The lowest BCUT2D eigenvalue weighted by molar-refractivity contribution is 0.172. The van der Waals surface area contributed by atoms with Gasteiger partial charge in [0, 0.05) is 45.5 Å². The fourth-order valence-corrected chi connectivity index (χ4v) is 1.94. The quantitative estimate of drug-likeness (QED) is 0.294. The molecule has 0 atom stereocenters. The summed E-state index contributed by atoms with van der Waals surface area (Å²) >= 11 is 0. The minimum atomic E-state index is 0. The number of hydrogen-bond acceptors (Lipinski definition) is 3. The van der Waals surface area contributed by atoms with Gasteiger partial charge < -0.3 is 20.1 Å². The van der Waals surface area contributed by atoms with E-state index < -0.39 is 0 Å². The van der Waals surface area contributed by atoms with Crippen LogP contribution in [0, 0.1) is 5.92 Å². The Bertz CT molecular complexity index is 464. The third kappa shape index (κ3) is 7.31. The van der Waals surface area contributed by atoms with E-state index in [1.54, 1.807) is 14.2 Å². The van der Waals surface area contributed by atoms with Gasteiger partial charge in [0.2, 0.25) is 0 Å². The molecule has 0 bridgehead atoms. The Balaban J connectivity index is 0.00000242. The summed E-state index contributed by atoms with van der Waals surface area (Å²) in [7, 11) is 3.48. The van der Waals surface area contributed by atoms with Crippen LogP contribution in [0.4, 0.5) is 5.69 Å². The van der Waals surface area contributed by atoms with Crippen LogP contribution in [0.25, 0.3) is 0 Å². The molecule has 0 spiro atoms. The number of rotatable bonds is 8. The van der Waals surface area contributed by atoms with Gasteiger partial charge in [-0.2, -0.15) is 0 Å². The Morgan fingerprint density at radius 1 is 1.32 bits per heavy atom. The maximum Gasteiger partial charge on any atom is 0.195 e. The largest absolute Gasteiger partial charge is 0.493 e. The summed E-state index contributed by atoms with van der Waals surface area (Å²) in [4.78, 5) is 4.24. The van der Waals surface area contributed by atoms with Gasteiger partial charge in [-0.05, 0) is 30.9 Å². The monoisotopic (exact) mass is 419 g/mol. The maximum atomic E-state index is 5.69. The van der Waals surface area contributed by atoms with Gasteiger partial charge in [0.25, 0.3) is 0 Å². The number of hydrogen-bond donors (Lipinski definition) is 2. The highest BCUT2D eigenvalue weighted by molar-refractivity contribution is 14.0. The lowest BCUT2D eigenvalue weighted by Gasteiger charge is -2.13. The normalized spacial score (nSPS) is 14.2. The summed E-state index contributed by atoms with van der Waals surface area (Å²) in [5.41, 5.74) is 0.975. The molecule has 1 aromatic carbocycles. The van der Waals surface area contributed by atoms with Gasteiger partial charge in [-0.1, -0.05) is 6.07 Å². The molecule has 0 aliphatic heterocycles. The second-order valence-corrected chi connectivity index (χ2v) is 5.24. The first-order valence-corrected chi connectivity index (χ1v) is 7.51. The van der Waals surface area contributed by atoms with Crippen molar-refractivity contribution in [2.75, 3.05) is 39.2 Å². The highest BCUT2D eigenvalue weighted by atomic mass is 127. The Hall–Kier alpha value is -1.02. The van der Waals surface area contributed by atoms with Crippen LogP contribution in [0.15, 0.2) is 29.3 Å². The zero-order valence-electron chi connectivity index (χ0n) is 13.3. The van der Waals surface area contributed by atoms with Crippen LogP contribution >= 0.6 is 24.0 Å². The highest BCUT2D eigenvalue weighted by Crippen LogP contribution is 2.27. The van der Waals surface area contributed by atoms with E-state index in [2.05, 4.69) is 15.6 Å². The van der Waals surface area contributed by atoms with Crippen molar-refractivity contribution >= 4 is 35.6 Å². The Labute approximate surface area is 149 Å². The first-order valence-electron chi connectivity index (χ1n) is 7.51. The Kier molecular flexibility index (Phi) is 9.22. The molecule has 0 saturated heterocycles. The molecule has 5 nitrogen and oxygen atoms in total. The molecule has 6 heteroatoms. The smallest absolute Gasteiger partial charge is 0.195 e. The molecule has 1 aliphatic rings. The molecule has 1 aromatic rings. The lowest BCUT2D eigenvalue weighted by Crippen LogP contribution is -2.32. The average Bonchev–Trinajstić information content (AvgIpc) is 3.33. The molecule has 0 unspecified atom stereocenters. The summed E-state index contributed by atoms with van der Waals surface area (Å²) in [5, 5.41) is 6.63. The number of halogens is 1. The van der Waals surface area contributed by atoms with Crippen molar-refractivity contribution in [3.8, 4) is 5.75 Å². The van der Waals surface area contributed by atoms with E-state index in [1.165, 1.54) is 12.8 Å². The summed E-state index contributed by atoms with van der Waals surface area (Å²) in [6, 6.07) is 7.92. The fourth-order valence-electron chi connectivity index (χ4n) is 1.94. The molecule has 22 heavy (non-hydrogen) atoms. The van der Waals surface area contributed by atoms with E-state index in [4.69, 9.17) is 9.47 Å². The van der Waals surface area contributed by atoms with Crippen molar-refractivity contribution in [2.45, 2.75) is 19.3 Å². The third-order valence-electron chi connectivity index (χ3n) is 3.34. The van der Waals surface area contributed by atoms with E-state index in [0.29, 0.717) is 6.61 Å². The van der Waals surface area contributed by atoms with Crippen LogP contribution in [0.5, 0.6) is 5.75 Å². The van der Waals surface area contributed by atoms with Gasteiger partial charge in [-0.15, -0.1) is 24.0 Å². The van der Waals surface area contributed by atoms with E-state index in [0.717, 1.165) is 42.9 Å². The zero-order valence-corrected chi connectivity index (χ0v) is 15.6. The number of methoxy groups -OCH3 is 1. The Morgan fingerprint density at radius 2 is 2.14 bits per heavy atom. The van der Waals surface area contributed by atoms with Crippen molar-refractivity contribution in [2.24, 2.45) is 10.9 Å². The average molecular weight is 419 g/mol. The molecular weight excluding hydrogens is 393 g/mol. The molecule has 124 valence electrons. The summed E-state index contributed by atoms with van der Waals surface area (Å²) in [6.45, 7) is 2.37. The number of aliphatic imine (C=N–C) groups is 1. The number of nitrogens with zero attached hydrogens (tertiary/aromatic N) is 1. The summed E-state index contributed by atoms with van der Waals surface area (Å²) in [6.07, 6.45) is 3.54. The van der Waals surface area contributed by atoms with Crippen molar-refractivity contribution in [1.82, 2.24) is 5.32 Å². The summed E-state index contributed by atoms with van der Waals surface area (Å²) in [5.74, 6) is 2.48. The molecule has 0 amide bonds. The van der Waals surface area contributed by atoms with E-state index in [-0.39, 0.29) is 24.0 Å². The molecular formula is C16H26IN3O2. The predicted octanol–water partition coefficient (Wildman–Crippen LogP) is 3.12. The van der Waals surface area contributed by atoms with Crippen molar-refractivity contribution in [3.05, 3.63) is 24.3 Å². The topological polar surface area (TPSA) is 54.9 Å². The second-order valence-electron chi connectivity index (χ2n) is 5.24. The molecule has 0 heterocycles. The van der Waals surface area contributed by atoms with Gasteiger partial charge in [0.1, 0.15) is 5.75 Å². The SMILES string of the molecule is CN=C(NCC1CC1)Nc1cccc(OCCCOC)c1.I.